The van der Waals surface area contributed by atoms with Crippen LogP contribution in [0.4, 0.5) is 0 Å². The van der Waals surface area contributed by atoms with Gasteiger partial charge >= 0.3 is 0 Å². The van der Waals surface area contributed by atoms with Crippen LogP contribution in [0.15, 0.2) is 24.3 Å². The van der Waals surface area contributed by atoms with Gasteiger partial charge in [-0.15, -0.1) is 0 Å². The minimum atomic E-state index is -0.514. The number of aryl methyl sites for hydroxylation is 1. The van der Waals surface area contributed by atoms with Crippen molar-refractivity contribution >= 4 is 5.91 Å². The summed E-state index contributed by atoms with van der Waals surface area (Å²) in [6, 6.07) is 8.04. The smallest absolute Gasteiger partial charge is 0.227 e. The number of hydrogen-bond donors (Lipinski definition) is 0. The maximum Gasteiger partial charge on any atom is 0.227 e. The van der Waals surface area contributed by atoms with Crippen molar-refractivity contribution in [2.24, 2.45) is 0 Å². The fourth-order valence-electron chi connectivity index (χ4n) is 2.67. The average molecular weight is 277 g/mol. The van der Waals surface area contributed by atoms with Crippen LogP contribution in [0.1, 0.15) is 24.0 Å². The zero-order valence-corrected chi connectivity index (χ0v) is 12.5. The lowest BCUT2D eigenvalue weighted by atomic mass is 10.0. The number of hydrogen-bond acceptors (Lipinski definition) is 3. The van der Waals surface area contributed by atoms with E-state index in [1.807, 2.05) is 36.1 Å². The van der Waals surface area contributed by atoms with Crippen molar-refractivity contribution in [2.75, 3.05) is 27.3 Å². The molecule has 1 aliphatic heterocycles. The summed E-state index contributed by atoms with van der Waals surface area (Å²) in [5, 5.41) is 0. The zero-order chi connectivity index (χ0) is 14.6. The summed E-state index contributed by atoms with van der Waals surface area (Å²) < 4.78 is 10.9. The number of methoxy groups -OCH3 is 2. The molecular formula is C16H23NO3. The third kappa shape index (κ3) is 3.19. The topological polar surface area (TPSA) is 38.8 Å². The molecule has 20 heavy (non-hydrogen) atoms. The molecule has 1 heterocycles. The maximum atomic E-state index is 12.4. The summed E-state index contributed by atoms with van der Waals surface area (Å²) >= 11 is 0. The van der Waals surface area contributed by atoms with Crippen molar-refractivity contribution in [2.45, 2.75) is 32.0 Å². The average Bonchev–Trinajstić information content (AvgIpc) is 2.49. The van der Waals surface area contributed by atoms with Gasteiger partial charge < -0.3 is 14.4 Å². The Morgan fingerprint density at radius 2 is 1.80 bits per heavy atom. The highest BCUT2D eigenvalue weighted by Crippen LogP contribution is 2.26. The van der Waals surface area contributed by atoms with Crippen LogP contribution in [-0.4, -0.2) is 43.9 Å². The van der Waals surface area contributed by atoms with Gasteiger partial charge in [0.2, 0.25) is 5.91 Å². The van der Waals surface area contributed by atoms with E-state index in [0.717, 1.165) is 18.4 Å². The first kappa shape index (κ1) is 15.0. The lowest BCUT2D eigenvalue weighted by Crippen LogP contribution is -2.49. The Morgan fingerprint density at radius 1 is 1.20 bits per heavy atom. The van der Waals surface area contributed by atoms with Gasteiger partial charge in [0.1, 0.15) is 0 Å². The molecule has 1 fully saturated rings. The predicted octanol–water partition coefficient (Wildman–Crippen LogP) is 2.15. The highest BCUT2D eigenvalue weighted by molar-refractivity contribution is 5.79. The molecule has 0 atom stereocenters. The molecule has 4 nitrogen and oxygen atoms in total. The van der Waals surface area contributed by atoms with Crippen LogP contribution in [-0.2, 0) is 20.7 Å². The number of amides is 1. The Labute approximate surface area is 120 Å². The van der Waals surface area contributed by atoms with Crippen molar-refractivity contribution < 1.29 is 14.3 Å². The van der Waals surface area contributed by atoms with Gasteiger partial charge in [-0.1, -0.05) is 24.3 Å². The predicted molar refractivity (Wildman–Crippen MR) is 77.4 cm³/mol. The molecule has 110 valence electrons. The molecule has 2 rings (SSSR count). The molecule has 1 aromatic carbocycles. The number of benzene rings is 1. The van der Waals surface area contributed by atoms with Crippen molar-refractivity contribution in [3.05, 3.63) is 35.4 Å². The molecule has 0 aliphatic carbocycles. The number of carbonyl (C=O) groups excluding carboxylic acids is 1. The van der Waals surface area contributed by atoms with Crippen molar-refractivity contribution in [1.82, 2.24) is 4.90 Å². The maximum absolute atomic E-state index is 12.4. The Bertz CT molecular complexity index is 459. The number of rotatable bonds is 4. The molecule has 0 radical (unpaired) electrons. The lowest BCUT2D eigenvalue weighted by molar-refractivity contribution is -0.228. The molecule has 0 aromatic heterocycles. The molecule has 4 heteroatoms. The van der Waals surface area contributed by atoms with Crippen LogP contribution in [0.3, 0.4) is 0 Å². The lowest BCUT2D eigenvalue weighted by Gasteiger charge is -2.39. The number of piperidine rings is 1. The van der Waals surface area contributed by atoms with Gasteiger partial charge in [-0.3, -0.25) is 4.79 Å². The normalized spacial score (nSPS) is 18.1. The van der Waals surface area contributed by atoms with Gasteiger partial charge in [0.05, 0.1) is 6.42 Å². The molecular weight excluding hydrogens is 254 g/mol. The summed E-state index contributed by atoms with van der Waals surface area (Å²) in [4.78, 5) is 14.3. The van der Waals surface area contributed by atoms with E-state index >= 15 is 0 Å². The van der Waals surface area contributed by atoms with Gasteiger partial charge in [-0.05, 0) is 18.1 Å². The minimum Gasteiger partial charge on any atom is -0.353 e. The van der Waals surface area contributed by atoms with Crippen LogP contribution >= 0.6 is 0 Å². The zero-order valence-electron chi connectivity index (χ0n) is 12.5. The Balaban J connectivity index is 1.94. The van der Waals surface area contributed by atoms with Crippen LogP contribution in [0, 0.1) is 6.92 Å². The second-order valence-electron chi connectivity index (χ2n) is 5.30. The number of ether oxygens (including phenoxy) is 2. The summed E-state index contributed by atoms with van der Waals surface area (Å²) in [7, 11) is 3.32. The largest absolute Gasteiger partial charge is 0.353 e. The third-order valence-electron chi connectivity index (χ3n) is 4.22. The van der Waals surface area contributed by atoms with E-state index in [9.17, 15) is 4.79 Å². The van der Waals surface area contributed by atoms with Crippen LogP contribution < -0.4 is 0 Å². The van der Waals surface area contributed by atoms with Crippen molar-refractivity contribution in [3.8, 4) is 0 Å². The number of likely N-dealkylation sites (tertiary alicyclic amines) is 1. The second kappa shape index (κ2) is 6.37. The first-order valence-electron chi connectivity index (χ1n) is 7.03. The molecule has 1 aromatic rings. The third-order valence-corrected chi connectivity index (χ3v) is 4.22. The second-order valence-corrected chi connectivity index (χ2v) is 5.30. The standard InChI is InChI=1S/C16H23NO3/c1-13-6-4-5-7-14(13)12-15(18)17-10-8-16(19-2,20-3)9-11-17/h4-7H,8-12H2,1-3H3. The molecule has 1 amide bonds. The molecule has 1 aliphatic rings. The Morgan fingerprint density at radius 3 is 2.35 bits per heavy atom. The minimum absolute atomic E-state index is 0.181. The van der Waals surface area contributed by atoms with E-state index in [2.05, 4.69) is 0 Å². The van der Waals surface area contributed by atoms with Gasteiger partial charge in [-0.25, -0.2) is 0 Å². The van der Waals surface area contributed by atoms with E-state index < -0.39 is 5.79 Å². The van der Waals surface area contributed by atoms with E-state index in [1.54, 1.807) is 14.2 Å². The molecule has 0 N–H and O–H groups in total. The Kier molecular flexibility index (Phi) is 4.78. The van der Waals surface area contributed by atoms with E-state index in [-0.39, 0.29) is 5.91 Å². The van der Waals surface area contributed by atoms with Crippen molar-refractivity contribution in [1.29, 1.82) is 0 Å². The van der Waals surface area contributed by atoms with E-state index in [1.165, 1.54) is 5.56 Å². The molecule has 0 bridgehead atoms. The SMILES string of the molecule is COC1(OC)CCN(C(=O)Cc2ccccc2C)CC1. The number of carbonyl (C=O) groups is 1. The fourth-order valence-corrected chi connectivity index (χ4v) is 2.67. The Hall–Kier alpha value is -1.39. The van der Waals surface area contributed by atoms with Gasteiger partial charge in [0, 0.05) is 40.2 Å². The van der Waals surface area contributed by atoms with Gasteiger partial charge in [0.15, 0.2) is 5.79 Å². The quantitative estimate of drug-likeness (QED) is 0.792. The van der Waals surface area contributed by atoms with Crippen LogP contribution in [0.2, 0.25) is 0 Å². The van der Waals surface area contributed by atoms with E-state index in [0.29, 0.717) is 19.5 Å². The van der Waals surface area contributed by atoms with Gasteiger partial charge in [-0.2, -0.15) is 0 Å². The molecule has 0 spiro atoms. The summed E-state index contributed by atoms with van der Waals surface area (Å²) in [5.74, 6) is -0.334. The monoisotopic (exact) mass is 277 g/mol. The highest BCUT2D eigenvalue weighted by atomic mass is 16.7. The highest BCUT2D eigenvalue weighted by Gasteiger charge is 2.35. The molecule has 1 saturated heterocycles. The summed E-state index contributed by atoms with van der Waals surface area (Å²) in [6.07, 6.45) is 1.92. The van der Waals surface area contributed by atoms with E-state index in [4.69, 9.17) is 9.47 Å². The first-order valence-corrected chi connectivity index (χ1v) is 7.03. The van der Waals surface area contributed by atoms with Crippen LogP contribution in [0.5, 0.6) is 0 Å². The summed E-state index contributed by atoms with van der Waals surface area (Å²) in [6.45, 7) is 3.42. The molecule has 0 saturated carbocycles. The number of nitrogens with zero attached hydrogens (tertiary/aromatic N) is 1. The van der Waals surface area contributed by atoms with Gasteiger partial charge in [0.25, 0.3) is 0 Å². The van der Waals surface area contributed by atoms with Crippen LogP contribution in [0.25, 0.3) is 0 Å². The van der Waals surface area contributed by atoms with Crippen molar-refractivity contribution in [3.63, 3.8) is 0 Å². The first-order chi connectivity index (χ1) is 9.60. The fraction of sp³-hybridized carbons (Fsp3) is 0.562. The molecule has 0 unspecified atom stereocenters. The summed E-state index contributed by atoms with van der Waals surface area (Å²) in [5.41, 5.74) is 2.27.